The Labute approximate surface area is 69.2 Å². The van der Waals surface area contributed by atoms with Crippen LogP contribution in [0.2, 0.25) is 0 Å². The molecule has 1 N–H and O–H groups in total. The molecular weight excluding hydrogens is 155 g/mol. The Kier molecular flexibility index (Phi) is 3.38. The van der Waals surface area contributed by atoms with Gasteiger partial charge in [-0.05, 0) is 30.0 Å². The Morgan fingerprint density at radius 1 is 1.27 bits per heavy atom. The van der Waals surface area contributed by atoms with E-state index in [0.717, 1.165) is 14.7 Å². The third-order valence-corrected chi connectivity index (χ3v) is 2.67. The van der Waals surface area contributed by atoms with Crippen molar-refractivity contribution < 1.29 is 5.11 Å². The van der Waals surface area contributed by atoms with Crippen molar-refractivity contribution in [2.24, 2.45) is 0 Å². The summed E-state index contributed by atoms with van der Waals surface area (Å²) in [7, 11) is 1.01. The van der Waals surface area contributed by atoms with Crippen molar-refractivity contribution in [2.45, 2.75) is 13.1 Å². The maximum Gasteiger partial charge on any atom is 0.115 e. The van der Waals surface area contributed by atoms with Gasteiger partial charge in [-0.25, -0.2) is 0 Å². The van der Waals surface area contributed by atoms with Crippen LogP contribution in [0.25, 0.3) is 0 Å². The molecule has 1 aromatic rings. The zero-order valence-corrected chi connectivity index (χ0v) is 7.67. The molecule has 0 heterocycles. The molecule has 11 heavy (non-hydrogen) atoms. The van der Waals surface area contributed by atoms with Gasteiger partial charge in [0, 0.05) is 0 Å². The zero-order chi connectivity index (χ0) is 8.10. The van der Waals surface area contributed by atoms with Gasteiger partial charge in [-0.2, -0.15) is 0 Å². The van der Waals surface area contributed by atoms with Crippen LogP contribution >= 0.6 is 8.58 Å². The fourth-order valence-electron chi connectivity index (χ4n) is 0.883. The highest BCUT2D eigenvalue weighted by atomic mass is 31.1. The molecule has 0 aromatic heterocycles. The van der Waals surface area contributed by atoms with Crippen molar-refractivity contribution in [3.63, 3.8) is 0 Å². The van der Waals surface area contributed by atoms with E-state index in [0.29, 0.717) is 5.75 Å². The van der Waals surface area contributed by atoms with E-state index in [4.69, 9.17) is 5.11 Å². The van der Waals surface area contributed by atoms with Crippen molar-refractivity contribution in [1.82, 2.24) is 0 Å². The molecule has 1 nitrogen and oxygen atoms in total. The van der Waals surface area contributed by atoms with Gasteiger partial charge in [0.15, 0.2) is 0 Å². The lowest BCUT2D eigenvalue weighted by Gasteiger charge is -1.98. The van der Waals surface area contributed by atoms with Gasteiger partial charge in [0.25, 0.3) is 0 Å². The van der Waals surface area contributed by atoms with Gasteiger partial charge in [0.1, 0.15) is 5.75 Å². The summed E-state index contributed by atoms with van der Waals surface area (Å²) in [4.78, 5) is 0. The standard InChI is InChI=1S/C9H13OP/c1-2-11-7-8-3-5-9(10)6-4-8/h3-6,10-11H,2,7H2,1H3. The van der Waals surface area contributed by atoms with Crippen LogP contribution < -0.4 is 0 Å². The molecule has 0 radical (unpaired) electrons. The molecule has 1 aromatic carbocycles. The number of benzene rings is 1. The van der Waals surface area contributed by atoms with Crippen LogP contribution in [-0.4, -0.2) is 11.3 Å². The molecule has 1 atom stereocenters. The van der Waals surface area contributed by atoms with E-state index < -0.39 is 0 Å². The Bertz CT molecular complexity index is 205. The molecule has 0 amide bonds. The maximum atomic E-state index is 8.98. The first-order valence-electron chi connectivity index (χ1n) is 3.81. The molecule has 0 saturated heterocycles. The van der Waals surface area contributed by atoms with Gasteiger partial charge < -0.3 is 5.11 Å². The van der Waals surface area contributed by atoms with Crippen LogP contribution in [0, 0.1) is 0 Å². The molecule has 0 bridgehead atoms. The van der Waals surface area contributed by atoms with Crippen molar-refractivity contribution >= 4 is 8.58 Å². The van der Waals surface area contributed by atoms with Gasteiger partial charge in [-0.1, -0.05) is 19.1 Å². The summed E-state index contributed by atoms with van der Waals surface area (Å²) in [6, 6.07) is 7.46. The van der Waals surface area contributed by atoms with Crippen LogP contribution in [0.5, 0.6) is 5.75 Å². The summed E-state index contributed by atoms with van der Waals surface area (Å²) in [5, 5.41) is 8.98. The number of aromatic hydroxyl groups is 1. The Hall–Kier alpha value is -0.550. The van der Waals surface area contributed by atoms with Gasteiger partial charge in [-0.15, -0.1) is 8.58 Å². The molecule has 1 rings (SSSR count). The van der Waals surface area contributed by atoms with Crippen LogP contribution in [0.15, 0.2) is 24.3 Å². The van der Waals surface area contributed by atoms with E-state index >= 15 is 0 Å². The first kappa shape index (κ1) is 8.55. The number of phenols is 1. The second kappa shape index (κ2) is 4.35. The Morgan fingerprint density at radius 2 is 1.91 bits per heavy atom. The fraction of sp³-hybridized carbons (Fsp3) is 0.333. The molecule has 0 aliphatic rings. The molecule has 0 spiro atoms. The van der Waals surface area contributed by atoms with Crippen LogP contribution in [0.4, 0.5) is 0 Å². The van der Waals surface area contributed by atoms with Crippen molar-refractivity contribution in [3.8, 4) is 5.75 Å². The van der Waals surface area contributed by atoms with Crippen molar-refractivity contribution in [3.05, 3.63) is 29.8 Å². The maximum absolute atomic E-state index is 8.98. The lowest BCUT2D eigenvalue weighted by molar-refractivity contribution is 0.475. The molecule has 1 unspecified atom stereocenters. The van der Waals surface area contributed by atoms with Crippen LogP contribution in [0.3, 0.4) is 0 Å². The quantitative estimate of drug-likeness (QED) is 0.688. The number of phenolic OH excluding ortho intramolecular Hbond substituents is 1. The van der Waals surface area contributed by atoms with E-state index in [1.54, 1.807) is 12.1 Å². The molecular formula is C9H13OP. The van der Waals surface area contributed by atoms with Gasteiger partial charge in [-0.3, -0.25) is 0 Å². The lowest BCUT2D eigenvalue weighted by Crippen LogP contribution is -1.77. The van der Waals surface area contributed by atoms with Crippen LogP contribution in [0.1, 0.15) is 12.5 Å². The first-order chi connectivity index (χ1) is 5.33. The van der Waals surface area contributed by atoms with Crippen LogP contribution in [-0.2, 0) is 6.16 Å². The number of hydrogen-bond donors (Lipinski definition) is 1. The normalized spacial score (nSPS) is 11.0. The summed E-state index contributed by atoms with van der Waals surface area (Å²) >= 11 is 0. The van der Waals surface area contributed by atoms with Gasteiger partial charge >= 0.3 is 0 Å². The fourth-order valence-corrected chi connectivity index (χ4v) is 1.66. The van der Waals surface area contributed by atoms with Crippen molar-refractivity contribution in [2.75, 3.05) is 6.16 Å². The van der Waals surface area contributed by atoms with E-state index in [1.165, 1.54) is 11.7 Å². The minimum atomic E-state index is 0.355. The first-order valence-corrected chi connectivity index (χ1v) is 5.23. The average molecular weight is 168 g/mol. The largest absolute Gasteiger partial charge is 0.508 e. The summed E-state index contributed by atoms with van der Waals surface area (Å²) in [5.74, 6) is 0.355. The SMILES string of the molecule is CCPCc1ccc(O)cc1. The minimum absolute atomic E-state index is 0.355. The third-order valence-electron chi connectivity index (χ3n) is 1.52. The lowest BCUT2D eigenvalue weighted by atomic mass is 10.2. The second-order valence-electron chi connectivity index (χ2n) is 2.45. The predicted octanol–water partition coefficient (Wildman–Crippen LogP) is 2.59. The highest BCUT2D eigenvalue weighted by molar-refractivity contribution is 7.37. The summed E-state index contributed by atoms with van der Waals surface area (Å²) in [5.41, 5.74) is 1.32. The summed E-state index contributed by atoms with van der Waals surface area (Å²) in [6.45, 7) is 2.19. The predicted molar refractivity (Wildman–Crippen MR) is 50.7 cm³/mol. The molecule has 0 aliphatic carbocycles. The number of rotatable bonds is 3. The van der Waals surface area contributed by atoms with Gasteiger partial charge in [0.05, 0.1) is 0 Å². The third kappa shape index (κ3) is 2.90. The van der Waals surface area contributed by atoms with E-state index in [-0.39, 0.29) is 0 Å². The summed E-state index contributed by atoms with van der Waals surface area (Å²) in [6.07, 6.45) is 2.40. The van der Waals surface area contributed by atoms with E-state index in [1.807, 2.05) is 12.1 Å². The highest BCUT2D eigenvalue weighted by Crippen LogP contribution is 2.19. The molecule has 2 heteroatoms. The highest BCUT2D eigenvalue weighted by Gasteiger charge is 1.90. The monoisotopic (exact) mass is 168 g/mol. The van der Waals surface area contributed by atoms with Crippen molar-refractivity contribution in [1.29, 1.82) is 0 Å². The molecule has 0 saturated carbocycles. The van der Waals surface area contributed by atoms with Gasteiger partial charge in [0.2, 0.25) is 0 Å². The average Bonchev–Trinajstić information content (AvgIpc) is 2.04. The minimum Gasteiger partial charge on any atom is -0.508 e. The Balaban J connectivity index is 2.52. The number of hydrogen-bond acceptors (Lipinski definition) is 1. The molecule has 0 fully saturated rings. The second-order valence-corrected chi connectivity index (χ2v) is 4.01. The summed E-state index contributed by atoms with van der Waals surface area (Å²) < 4.78 is 0. The topological polar surface area (TPSA) is 20.2 Å². The smallest absolute Gasteiger partial charge is 0.115 e. The molecule has 60 valence electrons. The molecule has 0 aliphatic heterocycles. The Morgan fingerprint density at radius 3 is 2.45 bits per heavy atom. The van der Waals surface area contributed by atoms with E-state index in [9.17, 15) is 0 Å². The zero-order valence-electron chi connectivity index (χ0n) is 6.67. The van der Waals surface area contributed by atoms with E-state index in [2.05, 4.69) is 6.92 Å².